The van der Waals surface area contributed by atoms with Crippen LogP contribution in [0.25, 0.3) is 10.8 Å². The fourth-order valence-electron chi connectivity index (χ4n) is 5.95. The maximum absolute atomic E-state index is 14.0. The largest absolute Gasteiger partial charge is 0.425 e. The highest BCUT2D eigenvalue weighted by Crippen LogP contribution is 2.79. The number of nitrogens with zero attached hydrogens (tertiary/aromatic N) is 1. The van der Waals surface area contributed by atoms with Crippen molar-refractivity contribution >= 4 is 28.4 Å². The summed E-state index contributed by atoms with van der Waals surface area (Å²) in [5.41, 5.74) is -1.59. The molecule has 1 amide bonds. The van der Waals surface area contributed by atoms with Gasteiger partial charge < -0.3 is 14.4 Å². The molecule has 0 radical (unpaired) electrons. The summed E-state index contributed by atoms with van der Waals surface area (Å²) in [6, 6.07) is 20.4. The van der Waals surface area contributed by atoms with Gasteiger partial charge in [0, 0.05) is 30.1 Å². The van der Waals surface area contributed by atoms with E-state index in [9.17, 15) is 14.4 Å². The van der Waals surface area contributed by atoms with Gasteiger partial charge in [-0.3, -0.25) is 14.4 Å². The Morgan fingerprint density at radius 1 is 0.939 bits per heavy atom. The number of ether oxygens (including phenoxy) is 2. The Morgan fingerprint density at radius 2 is 1.64 bits per heavy atom. The SMILES string of the molecule is C[C@]1(C(=O)c2ccccc2)[C@H]2c3c(ccc4ccccc34)OC(=O)[C@]21C(=O)N1CCOCC1. The number of ketones is 1. The maximum atomic E-state index is 14.0. The van der Waals surface area contributed by atoms with E-state index >= 15 is 0 Å². The van der Waals surface area contributed by atoms with Crippen LogP contribution in [0.1, 0.15) is 28.8 Å². The third kappa shape index (κ3) is 2.50. The molecule has 2 fully saturated rings. The highest BCUT2D eigenvalue weighted by Gasteiger charge is 2.88. The second-order valence-electron chi connectivity index (χ2n) is 9.13. The number of carbonyl (C=O) groups is 3. The molecular weight excluding hydrogens is 418 g/mol. The number of morpholine rings is 1. The van der Waals surface area contributed by atoms with Crippen molar-refractivity contribution in [1.82, 2.24) is 4.90 Å². The molecule has 0 bridgehead atoms. The lowest BCUT2D eigenvalue weighted by atomic mass is 9.86. The highest BCUT2D eigenvalue weighted by molar-refractivity contribution is 6.22. The molecule has 1 saturated heterocycles. The molecule has 0 aromatic heterocycles. The van der Waals surface area contributed by atoms with E-state index in [4.69, 9.17) is 9.47 Å². The van der Waals surface area contributed by atoms with Gasteiger partial charge in [0.1, 0.15) is 5.75 Å². The van der Waals surface area contributed by atoms with Crippen LogP contribution in [0.2, 0.25) is 0 Å². The Balaban J connectivity index is 1.59. The van der Waals surface area contributed by atoms with Gasteiger partial charge >= 0.3 is 5.97 Å². The summed E-state index contributed by atoms with van der Waals surface area (Å²) in [4.78, 5) is 43.3. The smallest absolute Gasteiger partial charge is 0.328 e. The average molecular weight is 441 g/mol. The molecule has 3 aromatic carbocycles. The van der Waals surface area contributed by atoms with E-state index in [1.54, 1.807) is 42.2 Å². The fraction of sp³-hybridized carbons (Fsp3) is 0.296. The van der Waals surface area contributed by atoms with Crippen LogP contribution in [-0.2, 0) is 14.3 Å². The minimum Gasteiger partial charge on any atom is -0.425 e. The summed E-state index contributed by atoms with van der Waals surface area (Å²) < 4.78 is 11.2. The third-order valence-corrected chi connectivity index (χ3v) is 7.63. The van der Waals surface area contributed by atoms with E-state index < -0.39 is 22.7 Å². The number of fused-ring (bicyclic) bond motifs is 5. The number of esters is 1. The van der Waals surface area contributed by atoms with Crippen molar-refractivity contribution < 1.29 is 23.9 Å². The Bertz CT molecular complexity index is 1310. The van der Waals surface area contributed by atoms with Crippen molar-refractivity contribution in [3.8, 4) is 5.75 Å². The van der Waals surface area contributed by atoms with Gasteiger partial charge in [0.2, 0.25) is 5.91 Å². The summed E-state index contributed by atoms with van der Waals surface area (Å²) in [7, 11) is 0. The quantitative estimate of drug-likeness (QED) is 0.269. The molecule has 3 atom stereocenters. The van der Waals surface area contributed by atoms with Crippen molar-refractivity contribution in [2.24, 2.45) is 10.8 Å². The number of Topliss-reactive ketones (excluding diaryl/α,β-unsaturated/α-hetero) is 1. The van der Waals surface area contributed by atoms with E-state index in [-0.39, 0.29) is 11.7 Å². The number of hydrogen-bond acceptors (Lipinski definition) is 5. The first-order valence-electron chi connectivity index (χ1n) is 11.2. The monoisotopic (exact) mass is 441 g/mol. The molecule has 6 rings (SSSR count). The lowest BCUT2D eigenvalue weighted by Gasteiger charge is -2.32. The van der Waals surface area contributed by atoms with Gasteiger partial charge in [-0.05, 0) is 23.8 Å². The second kappa shape index (κ2) is 6.99. The van der Waals surface area contributed by atoms with E-state index in [1.807, 2.05) is 36.4 Å². The van der Waals surface area contributed by atoms with Crippen LogP contribution in [0, 0.1) is 10.8 Å². The molecule has 6 nitrogen and oxygen atoms in total. The van der Waals surface area contributed by atoms with E-state index in [0.29, 0.717) is 37.6 Å². The Labute approximate surface area is 191 Å². The van der Waals surface area contributed by atoms with Gasteiger partial charge in [0.05, 0.1) is 18.6 Å². The molecule has 33 heavy (non-hydrogen) atoms. The van der Waals surface area contributed by atoms with E-state index in [0.717, 1.165) is 16.3 Å². The number of rotatable bonds is 3. The lowest BCUT2D eigenvalue weighted by Crippen LogP contribution is -2.50. The zero-order valence-electron chi connectivity index (χ0n) is 18.2. The molecule has 2 aliphatic heterocycles. The molecule has 0 unspecified atom stereocenters. The molecule has 0 spiro atoms. The molecule has 1 aliphatic carbocycles. The van der Waals surface area contributed by atoms with Crippen molar-refractivity contribution in [2.45, 2.75) is 12.8 Å². The fourth-order valence-corrected chi connectivity index (χ4v) is 5.95. The van der Waals surface area contributed by atoms with Gasteiger partial charge in [-0.15, -0.1) is 0 Å². The Kier molecular flexibility index (Phi) is 4.26. The van der Waals surface area contributed by atoms with Crippen LogP contribution in [0.4, 0.5) is 0 Å². The topological polar surface area (TPSA) is 72.9 Å². The van der Waals surface area contributed by atoms with Crippen molar-refractivity contribution in [1.29, 1.82) is 0 Å². The number of hydrogen-bond donors (Lipinski definition) is 0. The maximum Gasteiger partial charge on any atom is 0.328 e. The second-order valence-corrected chi connectivity index (χ2v) is 9.13. The van der Waals surface area contributed by atoms with Gasteiger partial charge in [-0.25, -0.2) is 0 Å². The Hall–Kier alpha value is -3.51. The predicted molar refractivity (Wildman–Crippen MR) is 121 cm³/mol. The standard InChI is InChI=1S/C27H23NO5/c1-26(23(29)18-8-3-2-4-9-18)22-21-19-10-6-5-7-17(19)11-12-20(21)33-25(31)27(22,26)24(30)28-13-15-32-16-14-28/h2-12,22H,13-16H2,1H3/t22-,26-,27-/m1/s1. The lowest BCUT2D eigenvalue weighted by molar-refractivity contribution is -0.156. The molecule has 6 heteroatoms. The first-order chi connectivity index (χ1) is 16.0. The van der Waals surface area contributed by atoms with Gasteiger partial charge in [0.25, 0.3) is 0 Å². The molecular formula is C27H23NO5. The van der Waals surface area contributed by atoms with Crippen molar-refractivity contribution in [3.63, 3.8) is 0 Å². The van der Waals surface area contributed by atoms with Crippen molar-refractivity contribution in [3.05, 3.63) is 77.9 Å². The van der Waals surface area contributed by atoms with Crippen LogP contribution >= 0.6 is 0 Å². The molecule has 1 saturated carbocycles. The van der Waals surface area contributed by atoms with Crippen LogP contribution in [0.3, 0.4) is 0 Å². The van der Waals surface area contributed by atoms with E-state index in [2.05, 4.69) is 0 Å². The predicted octanol–water partition coefficient (Wildman–Crippen LogP) is 3.59. The highest BCUT2D eigenvalue weighted by atomic mass is 16.5. The van der Waals surface area contributed by atoms with Crippen LogP contribution in [0.15, 0.2) is 66.7 Å². The van der Waals surface area contributed by atoms with Crippen LogP contribution in [0.5, 0.6) is 5.75 Å². The third-order valence-electron chi connectivity index (χ3n) is 7.63. The minimum absolute atomic E-state index is 0.215. The first kappa shape index (κ1) is 20.1. The number of benzene rings is 3. The number of amides is 1. The molecule has 166 valence electrons. The summed E-state index contributed by atoms with van der Waals surface area (Å²) >= 11 is 0. The Morgan fingerprint density at radius 3 is 2.39 bits per heavy atom. The van der Waals surface area contributed by atoms with Gasteiger partial charge in [-0.2, -0.15) is 0 Å². The average Bonchev–Trinajstić information content (AvgIpc) is 3.46. The molecule has 3 aliphatic rings. The summed E-state index contributed by atoms with van der Waals surface area (Å²) in [5, 5.41) is 1.87. The summed E-state index contributed by atoms with van der Waals surface area (Å²) in [6.45, 7) is 3.34. The zero-order valence-corrected chi connectivity index (χ0v) is 18.2. The molecule has 0 N–H and O–H groups in total. The van der Waals surface area contributed by atoms with Gasteiger partial charge in [0.15, 0.2) is 11.2 Å². The van der Waals surface area contributed by atoms with E-state index in [1.165, 1.54) is 0 Å². The normalized spacial score (nSPS) is 28.0. The summed E-state index contributed by atoms with van der Waals surface area (Å²) in [6.07, 6.45) is 0. The van der Waals surface area contributed by atoms with Crippen molar-refractivity contribution in [2.75, 3.05) is 26.3 Å². The molecule has 2 heterocycles. The summed E-state index contributed by atoms with van der Waals surface area (Å²) in [5.74, 6) is -1.37. The minimum atomic E-state index is -1.59. The first-order valence-corrected chi connectivity index (χ1v) is 11.2. The van der Waals surface area contributed by atoms with Crippen LogP contribution in [-0.4, -0.2) is 48.9 Å². The zero-order chi connectivity index (χ0) is 22.8. The number of carbonyl (C=O) groups excluding carboxylic acids is 3. The molecule has 3 aromatic rings. The van der Waals surface area contributed by atoms with Crippen LogP contribution < -0.4 is 4.74 Å². The van der Waals surface area contributed by atoms with Gasteiger partial charge in [-0.1, -0.05) is 60.7 Å².